The molecule has 1 heterocycles. The van der Waals surface area contributed by atoms with E-state index >= 15 is 0 Å². The van der Waals surface area contributed by atoms with Gasteiger partial charge in [-0.25, -0.2) is 4.79 Å². The number of aromatic carboxylic acids is 1. The minimum atomic E-state index is -0.965. The molecule has 0 aliphatic carbocycles. The maximum Gasteiger partial charge on any atom is 0.335 e. The van der Waals surface area contributed by atoms with E-state index in [0.717, 1.165) is 17.0 Å². The standard InChI is InChI=1S/C21H20N2O5/c1-12-19(7-6-18(13(2)24)20(12)25)28-11-17-10-16(22-23-17)9-14-4-3-5-15(8-14)21(26)27/h3-8,10,25H,9,11H2,1-2H3,(H,22,23)(H,26,27). The van der Waals surface area contributed by atoms with Gasteiger partial charge in [-0.1, -0.05) is 12.1 Å². The molecule has 0 fully saturated rings. The SMILES string of the molecule is CC(=O)c1ccc(OCc2cc(Cc3cccc(C(=O)O)c3)n[nH]2)c(C)c1O. The molecule has 0 aliphatic heterocycles. The van der Waals surface area contributed by atoms with Crippen molar-refractivity contribution in [2.75, 3.05) is 0 Å². The highest BCUT2D eigenvalue weighted by Crippen LogP contribution is 2.31. The van der Waals surface area contributed by atoms with E-state index < -0.39 is 5.97 Å². The number of aromatic hydroxyl groups is 1. The van der Waals surface area contributed by atoms with E-state index in [1.165, 1.54) is 13.0 Å². The minimum Gasteiger partial charge on any atom is -0.507 e. The number of rotatable bonds is 7. The lowest BCUT2D eigenvalue weighted by molar-refractivity contribution is 0.0696. The Morgan fingerprint density at radius 1 is 1.18 bits per heavy atom. The molecule has 3 aromatic rings. The summed E-state index contributed by atoms with van der Waals surface area (Å²) in [4.78, 5) is 22.5. The summed E-state index contributed by atoms with van der Waals surface area (Å²) in [6.07, 6.45) is 0.491. The summed E-state index contributed by atoms with van der Waals surface area (Å²) in [5.41, 5.74) is 3.34. The maximum absolute atomic E-state index is 11.5. The zero-order valence-corrected chi connectivity index (χ0v) is 15.5. The van der Waals surface area contributed by atoms with Gasteiger partial charge in [0.1, 0.15) is 18.1 Å². The van der Waals surface area contributed by atoms with Crippen LogP contribution in [0.15, 0.2) is 42.5 Å². The number of ether oxygens (including phenoxy) is 1. The Morgan fingerprint density at radius 2 is 1.96 bits per heavy atom. The third-order valence-corrected chi connectivity index (χ3v) is 4.39. The lowest BCUT2D eigenvalue weighted by Crippen LogP contribution is -2.00. The molecule has 0 aliphatic rings. The average molecular weight is 380 g/mol. The summed E-state index contributed by atoms with van der Waals surface area (Å²) in [5, 5.41) is 26.3. The van der Waals surface area contributed by atoms with Crippen molar-refractivity contribution in [3.8, 4) is 11.5 Å². The normalized spacial score (nSPS) is 10.6. The molecule has 0 saturated heterocycles. The summed E-state index contributed by atoms with van der Waals surface area (Å²) in [6, 6.07) is 11.7. The first-order chi connectivity index (χ1) is 13.3. The molecule has 0 atom stereocenters. The zero-order valence-electron chi connectivity index (χ0n) is 15.5. The van der Waals surface area contributed by atoms with Crippen molar-refractivity contribution in [3.63, 3.8) is 0 Å². The number of hydrogen-bond donors (Lipinski definition) is 3. The summed E-state index contributed by atoms with van der Waals surface area (Å²) in [7, 11) is 0. The van der Waals surface area contributed by atoms with Crippen LogP contribution in [0.4, 0.5) is 0 Å². The molecule has 7 nitrogen and oxygen atoms in total. The molecule has 2 aromatic carbocycles. The van der Waals surface area contributed by atoms with Gasteiger partial charge in [-0.3, -0.25) is 9.89 Å². The van der Waals surface area contributed by atoms with Crippen LogP contribution in [-0.4, -0.2) is 32.2 Å². The Bertz CT molecular complexity index is 1040. The molecular formula is C21H20N2O5. The van der Waals surface area contributed by atoms with E-state index in [1.54, 1.807) is 31.2 Å². The number of Topliss-reactive ketones (excluding diaryl/α,β-unsaturated/α-hetero) is 1. The predicted molar refractivity (Wildman–Crippen MR) is 102 cm³/mol. The zero-order chi connectivity index (χ0) is 20.3. The minimum absolute atomic E-state index is 0.0754. The van der Waals surface area contributed by atoms with Crippen LogP contribution < -0.4 is 4.74 Å². The van der Waals surface area contributed by atoms with Crippen LogP contribution in [-0.2, 0) is 13.0 Å². The summed E-state index contributed by atoms with van der Waals surface area (Å²) in [6.45, 7) is 3.29. The van der Waals surface area contributed by atoms with Crippen LogP contribution >= 0.6 is 0 Å². The first-order valence-corrected chi connectivity index (χ1v) is 8.67. The number of carbonyl (C=O) groups excluding carboxylic acids is 1. The van der Waals surface area contributed by atoms with Gasteiger partial charge in [0.2, 0.25) is 0 Å². The predicted octanol–water partition coefficient (Wildman–Crippen LogP) is 3.49. The number of aromatic amines is 1. The van der Waals surface area contributed by atoms with Crippen molar-refractivity contribution in [1.29, 1.82) is 0 Å². The number of carboxylic acid groups (broad SMARTS) is 1. The Balaban J connectivity index is 1.67. The van der Waals surface area contributed by atoms with E-state index in [-0.39, 0.29) is 29.3 Å². The number of nitrogens with one attached hydrogen (secondary N) is 1. The number of carboxylic acids is 1. The van der Waals surface area contributed by atoms with Crippen LogP contribution in [0.25, 0.3) is 0 Å². The molecule has 0 amide bonds. The second-order valence-electron chi connectivity index (χ2n) is 6.50. The first kappa shape index (κ1) is 19.2. The number of carbonyl (C=O) groups is 2. The molecule has 144 valence electrons. The maximum atomic E-state index is 11.5. The highest BCUT2D eigenvalue weighted by molar-refractivity contribution is 5.97. The first-order valence-electron chi connectivity index (χ1n) is 8.67. The second-order valence-corrected chi connectivity index (χ2v) is 6.50. The van der Waals surface area contributed by atoms with Crippen LogP contribution in [0.2, 0.25) is 0 Å². The number of hydrogen-bond acceptors (Lipinski definition) is 5. The lowest BCUT2D eigenvalue weighted by atomic mass is 10.1. The fraction of sp³-hybridized carbons (Fsp3) is 0.190. The number of benzene rings is 2. The van der Waals surface area contributed by atoms with Gasteiger partial charge < -0.3 is 14.9 Å². The Morgan fingerprint density at radius 3 is 2.68 bits per heavy atom. The van der Waals surface area contributed by atoms with Gasteiger partial charge in [0.05, 0.1) is 22.5 Å². The molecule has 1 aromatic heterocycles. The molecule has 0 spiro atoms. The number of phenols is 1. The van der Waals surface area contributed by atoms with E-state index in [9.17, 15) is 14.7 Å². The van der Waals surface area contributed by atoms with Gasteiger partial charge in [0, 0.05) is 12.0 Å². The molecule has 3 rings (SSSR count). The fourth-order valence-corrected chi connectivity index (χ4v) is 2.87. The lowest BCUT2D eigenvalue weighted by Gasteiger charge is -2.11. The summed E-state index contributed by atoms with van der Waals surface area (Å²) in [5.74, 6) is -0.772. The molecule has 3 N–H and O–H groups in total. The van der Waals surface area contributed by atoms with E-state index in [2.05, 4.69) is 10.2 Å². The number of ketones is 1. The van der Waals surface area contributed by atoms with E-state index in [1.807, 2.05) is 12.1 Å². The molecule has 0 unspecified atom stereocenters. The highest BCUT2D eigenvalue weighted by atomic mass is 16.5. The topological polar surface area (TPSA) is 113 Å². The van der Waals surface area contributed by atoms with Gasteiger partial charge in [-0.05, 0) is 49.7 Å². The average Bonchev–Trinajstić information content (AvgIpc) is 3.10. The van der Waals surface area contributed by atoms with Gasteiger partial charge in [-0.15, -0.1) is 0 Å². The van der Waals surface area contributed by atoms with Crippen LogP contribution in [0, 0.1) is 6.92 Å². The van der Waals surface area contributed by atoms with Gasteiger partial charge in [0.25, 0.3) is 0 Å². The molecular weight excluding hydrogens is 360 g/mol. The van der Waals surface area contributed by atoms with Crippen molar-refractivity contribution in [1.82, 2.24) is 10.2 Å². The number of aromatic nitrogens is 2. The molecule has 0 bridgehead atoms. The summed E-state index contributed by atoms with van der Waals surface area (Å²) < 4.78 is 5.73. The van der Waals surface area contributed by atoms with E-state index in [0.29, 0.717) is 17.7 Å². The number of phenolic OH excluding ortho intramolecular Hbond substituents is 1. The molecule has 28 heavy (non-hydrogen) atoms. The third-order valence-electron chi connectivity index (χ3n) is 4.39. The summed E-state index contributed by atoms with van der Waals surface area (Å²) >= 11 is 0. The van der Waals surface area contributed by atoms with Crippen molar-refractivity contribution in [2.45, 2.75) is 26.9 Å². The van der Waals surface area contributed by atoms with E-state index in [4.69, 9.17) is 9.84 Å². The molecule has 7 heteroatoms. The van der Waals surface area contributed by atoms with Gasteiger partial charge in [0.15, 0.2) is 5.78 Å². The van der Waals surface area contributed by atoms with Crippen LogP contribution in [0.5, 0.6) is 11.5 Å². The Labute approximate surface area is 161 Å². The molecule has 0 radical (unpaired) electrons. The monoisotopic (exact) mass is 380 g/mol. The molecule has 0 saturated carbocycles. The largest absolute Gasteiger partial charge is 0.507 e. The van der Waals surface area contributed by atoms with Crippen molar-refractivity contribution in [3.05, 3.63) is 76.1 Å². The third kappa shape index (κ3) is 4.20. The van der Waals surface area contributed by atoms with Gasteiger partial charge >= 0.3 is 5.97 Å². The smallest absolute Gasteiger partial charge is 0.335 e. The Hall–Kier alpha value is -3.61. The highest BCUT2D eigenvalue weighted by Gasteiger charge is 2.13. The van der Waals surface area contributed by atoms with Crippen molar-refractivity contribution >= 4 is 11.8 Å². The van der Waals surface area contributed by atoms with Crippen LogP contribution in [0.3, 0.4) is 0 Å². The number of H-pyrrole nitrogens is 1. The van der Waals surface area contributed by atoms with Crippen LogP contribution in [0.1, 0.15) is 50.2 Å². The Kier molecular flexibility index (Phi) is 5.44. The second kappa shape index (κ2) is 7.96. The number of nitrogens with zero attached hydrogens (tertiary/aromatic N) is 1. The van der Waals surface area contributed by atoms with Crippen molar-refractivity contribution < 1.29 is 24.5 Å². The quantitative estimate of drug-likeness (QED) is 0.541. The van der Waals surface area contributed by atoms with Gasteiger partial charge in [-0.2, -0.15) is 5.10 Å². The fourth-order valence-electron chi connectivity index (χ4n) is 2.87. The van der Waals surface area contributed by atoms with Crippen molar-refractivity contribution in [2.24, 2.45) is 0 Å².